The third kappa shape index (κ3) is 4.09. The van der Waals surface area contributed by atoms with E-state index in [-0.39, 0.29) is 12.4 Å². The lowest BCUT2D eigenvalue weighted by molar-refractivity contribution is 0.146. The first-order valence-electron chi connectivity index (χ1n) is 10.9. The largest absolute Gasteiger partial charge is 0.491 e. The van der Waals surface area contributed by atoms with Gasteiger partial charge in [-0.2, -0.15) is 0 Å². The third-order valence-corrected chi connectivity index (χ3v) is 6.02. The molecule has 0 amide bonds. The number of fused-ring (bicyclic) bond motifs is 2. The van der Waals surface area contributed by atoms with Gasteiger partial charge in [0.05, 0.1) is 41.9 Å². The zero-order valence-electron chi connectivity index (χ0n) is 18.2. The smallest absolute Gasteiger partial charge is 0.140 e. The van der Waals surface area contributed by atoms with Crippen LogP contribution in [-0.4, -0.2) is 60.0 Å². The van der Waals surface area contributed by atoms with Crippen molar-refractivity contribution in [1.82, 2.24) is 14.4 Å². The van der Waals surface area contributed by atoms with Gasteiger partial charge in [0, 0.05) is 37.3 Å². The Balaban J connectivity index is 1.53. The maximum atomic E-state index is 14.6. The molecule has 1 aliphatic rings. The highest BCUT2D eigenvalue weighted by molar-refractivity contribution is 5.93. The van der Waals surface area contributed by atoms with E-state index in [0.29, 0.717) is 59.9 Å². The van der Waals surface area contributed by atoms with Crippen molar-refractivity contribution >= 4 is 22.2 Å². The van der Waals surface area contributed by atoms with Crippen molar-refractivity contribution in [2.75, 3.05) is 38.3 Å². The second kappa shape index (κ2) is 8.92. The van der Waals surface area contributed by atoms with E-state index in [0.717, 1.165) is 5.69 Å². The average molecular weight is 453 g/mol. The Morgan fingerprint density at radius 2 is 2.06 bits per heavy atom. The monoisotopic (exact) mass is 453 g/mol. The van der Waals surface area contributed by atoms with Crippen molar-refractivity contribution in [3.63, 3.8) is 0 Å². The summed E-state index contributed by atoms with van der Waals surface area (Å²) in [6, 6.07) is 9.75. The van der Waals surface area contributed by atoms with Crippen LogP contribution in [0.15, 0.2) is 48.8 Å². The summed E-state index contributed by atoms with van der Waals surface area (Å²) in [6.07, 6.45) is 2.97. The van der Waals surface area contributed by atoms with E-state index in [1.807, 2.05) is 27.6 Å². The van der Waals surface area contributed by atoms with Crippen molar-refractivity contribution in [2.24, 2.45) is 5.73 Å². The van der Waals surface area contributed by atoms with Crippen LogP contribution in [0.2, 0.25) is 0 Å². The number of aromatic nitrogens is 3. The number of rotatable bonds is 6. The van der Waals surface area contributed by atoms with E-state index in [1.165, 1.54) is 6.07 Å². The number of methoxy groups -OCH3 is 1. The number of imidazole rings is 1. The standard InChI is InChI=1S/C24H25F2N5O2/c1-32-10-11-33-15-6-9-31-22(13-28-23(31)12-15)20-4-2-16-17(25)3-5-21(24(16)29-20)30-8-7-19(27)18(26)14-30/h2-6,9,12-13,18-19H,7-8,10-11,14,27H2,1H3/t18-,19+/m0/s1. The first-order valence-corrected chi connectivity index (χ1v) is 10.9. The maximum Gasteiger partial charge on any atom is 0.140 e. The third-order valence-electron chi connectivity index (χ3n) is 6.02. The number of nitrogens with zero attached hydrogens (tertiary/aromatic N) is 4. The van der Waals surface area contributed by atoms with Crippen molar-refractivity contribution in [3.05, 3.63) is 54.6 Å². The Labute approximate surface area is 189 Å². The lowest BCUT2D eigenvalue weighted by Gasteiger charge is -2.34. The lowest BCUT2D eigenvalue weighted by atomic mass is 10.0. The summed E-state index contributed by atoms with van der Waals surface area (Å²) in [5, 5.41) is 0.393. The van der Waals surface area contributed by atoms with E-state index in [4.69, 9.17) is 20.2 Å². The van der Waals surface area contributed by atoms with Gasteiger partial charge >= 0.3 is 0 Å². The number of piperidine rings is 1. The Bertz CT molecular complexity index is 1290. The lowest BCUT2D eigenvalue weighted by Crippen LogP contribution is -2.48. The highest BCUT2D eigenvalue weighted by atomic mass is 19.1. The van der Waals surface area contributed by atoms with Crippen molar-refractivity contribution < 1.29 is 18.3 Å². The molecule has 1 saturated heterocycles. The van der Waals surface area contributed by atoms with Crippen LogP contribution in [0.1, 0.15) is 6.42 Å². The van der Waals surface area contributed by atoms with Gasteiger partial charge in [-0.05, 0) is 36.8 Å². The SMILES string of the molecule is COCCOc1ccn2c(-c3ccc4c(F)ccc(N5CC[C@@H](N)[C@@H](F)C5)c4n3)cnc2c1. The summed E-state index contributed by atoms with van der Waals surface area (Å²) in [5.74, 6) is 0.325. The van der Waals surface area contributed by atoms with Gasteiger partial charge in [-0.3, -0.25) is 4.40 Å². The first-order chi connectivity index (χ1) is 16.0. The Kier molecular flexibility index (Phi) is 5.82. The van der Waals surface area contributed by atoms with Crippen LogP contribution in [0.4, 0.5) is 14.5 Å². The van der Waals surface area contributed by atoms with Crippen LogP contribution < -0.4 is 15.4 Å². The topological polar surface area (TPSA) is 77.9 Å². The number of alkyl halides is 1. The highest BCUT2D eigenvalue weighted by Gasteiger charge is 2.28. The molecule has 3 aromatic heterocycles. The normalized spacial score (nSPS) is 18.8. The van der Waals surface area contributed by atoms with Gasteiger partial charge < -0.3 is 20.1 Å². The molecule has 7 nitrogen and oxygen atoms in total. The second-order valence-corrected chi connectivity index (χ2v) is 8.15. The fraction of sp³-hybridized carbons (Fsp3) is 0.333. The molecule has 0 spiro atoms. The number of nitrogens with two attached hydrogens (primary N) is 1. The molecule has 33 heavy (non-hydrogen) atoms. The van der Waals surface area contributed by atoms with Crippen LogP contribution in [0.5, 0.6) is 5.75 Å². The molecular formula is C24H25F2N5O2. The zero-order chi connectivity index (χ0) is 22.9. The van der Waals surface area contributed by atoms with E-state index < -0.39 is 12.2 Å². The number of hydrogen-bond acceptors (Lipinski definition) is 6. The molecule has 0 radical (unpaired) electrons. The molecule has 2 N–H and O–H groups in total. The van der Waals surface area contributed by atoms with Crippen LogP contribution in [-0.2, 0) is 4.74 Å². The van der Waals surface area contributed by atoms with Crippen LogP contribution >= 0.6 is 0 Å². The summed E-state index contributed by atoms with van der Waals surface area (Å²) in [6.45, 7) is 1.70. The molecule has 4 aromatic rings. The molecule has 172 valence electrons. The van der Waals surface area contributed by atoms with Crippen molar-refractivity contribution in [3.8, 4) is 17.1 Å². The number of ether oxygens (including phenoxy) is 2. The molecule has 4 heterocycles. The summed E-state index contributed by atoms with van der Waals surface area (Å²) >= 11 is 0. The van der Waals surface area contributed by atoms with Gasteiger partial charge in [-0.25, -0.2) is 18.7 Å². The molecular weight excluding hydrogens is 428 g/mol. The molecule has 9 heteroatoms. The van der Waals surface area contributed by atoms with E-state index in [2.05, 4.69) is 4.98 Å². The number of halogens is 2. The minimum Gasteiger partial charge on any atom is -0.491 e. The van der Waals surface area contributed by atoms with Gasteiger partial charge in [0.1, 0.15) is 30.0 Å². The minimum absolute atomic E-state index is 0.162. The van der Waals surface area contributed by atoms with Crippen LogP contribution in [0, 0.1) is 5.82 Å². The average Bonchev–Trinajstić information content (AvgIpc) is 3.24. The quantitative estimate of drug-likeness (QED) is 0.450. The fourth-order valence-corrected chi connectivity index (χ4v) is 4.19. The van der Waals surface area contributed by atoms with Crippen LogP contribution in [0.3, 0.4) is 0 Å². The molecule has 0 saturated carbocycles. The zero-order valence-corrected chi connectivity index (χ0v) is 18.2. The number of benzene rings is 1. The van der Waals surface area contributed by atoms with Crippen LogP contribution in [0.25, 0.3) is 27.9 Å². The van der Waals surface area contributed by atoms with Gasteiger partial charge in [0.15, 0.2) is 0 Å². The fourth-order valence-electron chi connectivity index (χ4n) is 4.19. The second-order valence-electron chi connectivity index (χ2n) is 8.15. The van der Waals surface area contributed by atoms with Crippen molar-refractivity contribution in [2.45, 2.75) is 18.6 Å². The molecule has 2 atom stereocenters. The molecule has 0 unspecified atom stereocenters. The number of hydrogen-bond donors (Lipinski definition) is 1. The van der Waals surface area contributed by atoms with Gasteiger partial charge in [-0.15, -0.1) is 0 Å². The predicted molar refractivity (Wildman–Crippen MR) is 123 cm³/mol. The predicted octanol–water partition coefficient (Wildman–Crippen LogP) is 3.59. The Morgan fingerprint density at radius 3 is 2.88 bits per heavy atom. The molecule has 0 bridgehead atoms. The van der Waals surface area contributed by atoms with Gasteiger partial charge in [0.2, 0.25) is 0 Å². The summed E-state index contributed by atoms with van der Waals surface area (Å²) < 4.78 is 41.5. The first kappa shape index (κ1) is 21.5. The maximum absolute atomic E-state index is 14.6. The number of anilines is 1. The van der Waals surface area contributed by atoms with Crippen molar-refractivity contribution in [1.29, 1.82) is 0 Å². The molecule has 1 aromatic carbocycles. The van der Waals surface area contributed by atoms with Gasteiger partial charge in [-0.1, -0.05) is 0 Å². The highest BCUT2D eigenvalue weighted by Crippen LogP contribution is 2.32. The summed E-state index contributed by atoms with van der Waals surface area (Å²) in [5.41, 5.74) is 9.13. The Morgan fingerprint density at radius 1 is 1.18 bits per heavy atom. The van der Waals surface area contributed by atoms with E-state index in [1.54, 1.807) is 31.5 Å². The van der Waals surface area contributed by atoms with E-state index >= 15 is 0 Å². The summed E-state index contributed by atoms with van der Waals surface area (Å²) in [4.78, 5) is 11.2. The van der Waals surface area contributed by atoms with E-state index in [9.17, 15) is 8.78 Å². The minimum atomic E-state index is -1.14. The molecule has 0 aliphatic carbocycles. The Hall–Kier alpha value is -3.30. The van der Waals surface area contributed by atoms with Gasteiger partial charge in [0.25, 0.3) is 0 Å². The summed E-state index contributed by atoms with van der Waals surface area (Å²) in [7, 11) is 1.62. The molecule has 5 rings (SSSR count). The molecule has 1 aliphatic heterocycles. The molecule has 1 fully saturated rings. The number of pyridine rings is 2.